The van der Waals surface area contributed by atoms with Gasteiger partial charge in [-0.2, -0.15) is 0 Å². The van der Waals surface area contributed by atoms with Crippen molar-refractivity contribution in [3.05, 3.63) is 0 Å². The molecule has 4 heteroatoms. The van der Waals surface area contributed by atoms with Crippen LogP contribution >= 0.6 is 0 Å². The number of aliphatic hydroxyl groups is 1. The molecule has 4 unspecified atom stereocenters. The monoisotopic (exact) mass is 269 g/mol. The predicted octanol–water partition coefficient (Wildman–Crippen LogP) is 2.26. The van der Waals surface area contributed by atoms with Crippen LogP contribution in [0.2, 0.25) is 0 Å². The van der Waals surface area contributed by atoms with Crippen molar-refractivity contribution in [1.82, 2.24) is 4.90 Å². The van der Waals surface area contributed by atoms with Crippen molar-refractivity contribution in [2.45, 2.75) is 76.5 Å². The molecule has 0 amide bonds. The molecule has 0 aromatic carbocycles. The van der Waals surface area contributed by atoms with Gasteiger partial charge in [-0.1, -0.05) is 26.2 Å². The van der Waals surface area contributed by atoms with E-state index in [4.69, 9.17) is 0 Å². The van der Waals surface area contributed by atoms with Crippen LogP contribution in [0.5, 0.6) is 0 Å². The normalized spacial score (nSPS) is 34.3. The number of aliphatic hydroxyl groups excluding tert-OH is 1. The molecule has 1 saturated heterocycles. The maximum absolute atomic E-state index is 11.5. The van der Waals surface area contributed by atoms with Gasteiger partial charge in [0, 0.05) is 12.0 Å². The molecule has 110 valence electrons. The third-order valence-electron chi connectivity index (χ3n) is 4.87. The van der Waals surface area contributed by atoms with Crippen molar-refractivity contribution in [2.75, 3.05) is 6.54 Å². The first kappa shape index (κ1) is 14.8. The number of hydrogen-bond donors (Lipinski definition) is 2. The molecule has 1 heterocycles. The van der Waals surface area contributed by atoms with Gasteiger partial charge in [-0.05, 0) is 38.6 Å². The smallest absolute Gasteiger partial charge is 0.320 e. The molecule has 19 heavy (non-hydrogen) atoms. The largest absolute Gasteiger partial charge is 0.480 e. The zero-order valence-corrected chi connectivity index (χ0v) is 11.9. The van der Waals surface area contributed by atoms with Crippen LogP contribution < -0.4 is 0 Å². The highest BCUT2D eigenvalue weighted by atomic mass is 16.4. The van der Waals surface area contributed by atoms with E-state index in [0.717, 1.165) is 45.1 Å². The lowest BCUT2D eigenvalue weighted by molar-refractivity contribution is -0.145. The van der Waals surface area contributed by atoms with Crippen LogP contribution in [-0.2, 0) is 4.79 Å². The van der Waals surface area contributed by atoms with Gasteiger partial charge in [0.05, 0.1) is 6.10 Å². The molecule has 2 aliphatic rings. The van der Waals surface area contributed by atoms with Crippen LogP contribution in [0.1, 0.15) is 58.3 Å². The molecule has 0 spiro atoms. The molecular formula is C15H27NO3. The predicted molar refractivity (Wildman–Crippen MR) is 74.0 cm³/mol. The number of carboxylic acids is 1. The van der Waals surface area contributed by atoms with E-state index in [2.05, 4.69) is 4.90 Å². The van der Waals surface area contributed by atoms with E-state index in [0.29, 0.717) is 6.42 Å². The maximum Gasteiger partial charge on any atom is 0.320 e. The SMILES string of the molecule is CCCC(C(=O)O)N1CCCC1C1CCCCC1O. The summed E-state index contributed by atoms with van der Waals surface area (Å²) in [7, 11) is 0. The van der Waals surface area contributed by atoms with Gasteiger partial charge in [0.2, 0.25) is 0 Å². The fourth-order valence-corrected chi connectivity index (χ4v) is 3.96. The Bertz CT molecular complexity index is 308. The zero-order valence-electron chi connectivity index (χ0n) is 11.9. The minimum Gasteiger partial charge on any atom is -0.480 e. The van der Waals surface area contributed by atoms with Gasteiger partial charge in [-0.25, -0.2) is 0 Å². The standard InChI is InChI=1S/C15H27NO3/c1-2-6-13(15(18)19)16-10-5-8-12(16)11-7-3-4-9-14(11)17/h11-14,17H,2-10H2,1H3,(H,18,19). The van der Waals surface area contributed by atoms with E-state index in [-0.39, 0.29) is 24.1 Å². The summed E-state index contributed by atoms with van der Waals surface area (Å²) in [6, 6.07) is -0.0745. The molecule has 1 aliphatic heterocycles. The zero-order chi connectivity index (χ0) is 13.8. The number of hydrogen-bond acceptors (Lipinski definition) is 3. The number of carboxylic acid groups (broad SMARTS) is 1. The summed E-state index contributed by atoms with van der Waals surface area (Å²) in [5.41, 5.74) is 0. The molecule has 2 N–H and O–H groups in total. The first-order valence-corrected chi connectivity index (χ1v) is 7.81. The highest BCUT2D eigenvalue weighted by Gasteiger charge is 2.41. The van der Waals surface area contributed by atoms with Crippen LogP contribution in [0.15, 0.2) is 0 Å². The topological polar surface area (TPSA) is 60.8 Å². The molecule has 4 atom stereocenters. The average Bonchev–Trinajstić information content (AvgIpc) is 2.84. The second-order valence-electron chi connectivity index (χ2n) is 6.11. The number of nitrogens with zero attached hydrogens (tertiary/aromatic N) is 1. The van der Waals surface area contributed by atoms with Gasteiger partial charge in [-0.3, -0.25) is 9.69 Å². The third-order valence-corrected chi connectivity index (χ3v) is 4.87. The number of carbonyl (C=O) groups is 1. The molecule has 0 radical (unpaired) electrons. The fraction of sp³-hybridized carbons (Fsp3) is 0.933. The van der Waals surface area contributed by atoms with Gasteiger partial charge < -0.3 is 10.2 Å². The Morgan fingerprint density at radius 2 is 2.00 bits per heavy atom. The second-order valence-corrected chi connectivity index (χ2v) is 6.11. The first-order valence-electron chi connectivity index (χ1n) is 7.81. The summed E-state index contributed by atoms with van der Waals surface area (Å²) in [5.74, 6) is -0.408. The molecule has 1 saturated carbocycles. The lowest BCUT2D eigenvalue weighted by Crippen LogP contribution is -2.49. The van der Waals surface area contributed by atoms with Crippen molar-refractivity contribution in [2.24, 2.45) is 5.92 Å². The molecule has 0 aromatic rings. The Kier molecular flexibility index (Phi) is 5.22. The molecular weight excluding hydrogens is 242 g/mol. The molecule has 4 nitrogen and oxygen atoms in total. The van der Waals surface area contributed by atoms with Crippen molar-refractivity contribution in [3.8, 4) is 0 Å². The number of rotatable bonds is 5. The van der Waals surface area contributed by atoms with Crippen molar-refractivity contribution < 1.29 is 15.0 Å². The Balaban J connectivity index is 2.08. The lowest BCUT2D eigenvalue weighted by Gasteiger charge is -2.39. The molecule has 2 fully saturated rings. The van der Waals surface area contributed by atoms with Crippen LogP contribution in [0.25, 0.3) is 0 Å². The second kappa shape index (κ2) is 6.71. The Morgan fingerprint density at radius 1 is 1.26 bits per heavy atom. The number of aliphatic carboxylic acids is 1. The highest BCUT2D eigenvalue weighted by molar-refractivity contribution is 5.73. The van der Waals surface area contributed by atoms with Gasteiger partial charge in [0.1, 0.15) is 6.04 Å². The summed E-state index contributed by atoms with van der Waals surface area (Å²) in [6.45, 7) is 2.92. The van der Waals surface area contributed by atoms with Crippen LogP contribution in [0, 0.1) is 5.92 Å². The van der Waals surface area contributed by atoms with Gasteiger partial charge in [0.25, 0.3) is 0 Å². The Labute approximate surface area is 115 Å². The number of likely N-dealkylation sites (tertiary alicyclic amines) is 1. The molecule has 0 bridgehead atoms. The third kappa shape index (κ3) is 3.29. The summed E-state index contributed by atoms with van der Waals surface area (Å²) in [5, 5.41) is 19.7. The molecule has 0 aromatic heterocycles. The van der Waals surface area contributed by atoms with E-state index in [1.165, 1.54) is 6.42 Å². The summed E-state index contributed by atoms with van der Waals surface area (Å²) < 4.78 is 0. The Hall–Kier alpha value is -0.610. The van der Waals surface area contributed by atoms with E-state index >= 15 is 0 Å². The van der Waals surface area contributed by atoms with Crippen molar-refractivity contribution >= 4 is 5.97 Å². The van der Waals surface area contributed by atoms with E-state index < -0.39 is 5.97 Å². The van der Waals surface area contributed by atoms with Gasteiger partial charge in [-0.15, -0.1) is 0 Å². The van der Waals surface area contributed by atoms with Crippen LogP contribution in [0.3, 0.4) is 0 Å². The maximum atomic E-state index is 11.5. The highest BCUT2D eigenvalue weighted by Crippen LogP contribution is 2.36. The molecule has 1 aliphatic carbocycles. The van der Waals surface area contributed by atoms with Crippen LogP contribution in [-0.4, -0.2) is 45.8 Å². The van der Waals surface area contributed by atoms with E-state index in [9.17, 15) is 15.0 Å². The van der Waals surface area contributed by atoms with E-state index in [1.807, 2.05) is 6.92 Å². The van der Waals surface area contributed by atoms with Crippen molar-refractivity contribution in [1.29, 1.82) is 0 Å². The van der Waals surface area contributed by atoms with Gasteiger partial charge in [0.15, 0.2) is 0 Å². The quantitative estimate of drug-likeness (QED) is 0.803. The summed E-state index contributed by atoms with van der Waals surface area (Å²) >= 11 is 0. The minimum absolute atomic E-state index is 0.226. The van der Waals surface area contributed by atoms with Crippen molar-refractivity contribution in [3.63, 3.8) is 0 Å². The summed E-state index contributed by atoms with van der Waals surface area (Å²) in [6.07, 6.45) is 7.75. The summed E-state index contributed by atoms with van der Waals surface area (Å²) in [4.78, 5) is 13.7. The minimum atomic E-state index is -0.695. The fourth-order valence-electron chi connectivity index (χ4n) is 3.96. The van der Waals surface area contributed by atoms with E-state index in [1.54, 1.807) is 0 Å². The van der Waals surface area contributed by atoms with Crippen LogP contribution in [0.4, 0.5) is 0 Å². The average molecular weight is 269 g/mol. The molecule has 2 rings (SSSR count). The van der Waals surface area contributed by atoms with Gasteiger partial charge >= 0.3 is 5.97 Å². The lowest BCUT2D eigenvalue weighted by atomic mass is 9.80. The first-order chi connectivity index (χ1) is 9.15. The Morgan fingerprint density at radius 3 is 2.63 bits per heavy atom.